The summed E-state index contributed by atoms with van der Waals surface area (Å²) in [6.07, 6.45) is 0.293. The standard InChI is InChI=1S/C10H18N2O3/c1-10(2,3)15-9(14)12-6-5-7(12)8(13)11-4/h7H,5-6H2,1-4H3,(H,11,13)/t7-/m0/s1. The molecule has 1 rings (SSSR count). The molecule has 0 aromatic carbocycles. The van der Waals surface area contributed by atoms with Crippen molar-refractivity contribution in [3.8, 4) is 0 Å². The lowest BCUT2D eigenvalue weighted by Gasteiger charge is -2.39. The highest BCUT2D eigenvalue weighted by atomic mass is 16.6. The molecular weight excluding hydrogens is 196 g/mol. The lowest BCUT2D eigenvalue weighted by atomic mass is 10.0. The minimum absolute atomic E-state index is 0.132. The van der Waals surface area contributed by atoms with E-state index in [0.29, 0.717) is 13.0 Å². The lowest BCUT2D eigenvalue weighted by Crippen LogP contribution is -2.58. The van der Waals surface area contributed by atoms with Crippen molar-refractivity contribution in [2.75, 3.05) is 13.6 Å². The Morgan fingerprint density at radius 1 is 1.40 bits per heavy atom. The van der Waals surface area contributed by atoms with Crippen LogP contribution in [0, 0.1) is 0 Å². The van der Waals surface area contributed by atoms with E-state index in [1.165, 1.54) is 4.90 Å². The maximum absolute atomic E-state index is 11.6. The van der Waals surface area contributed by atoms with Gasteiger partial charge in [-0.15, -0.1) is 0 Å². The molecule has 1 heterocycles. The van der Waals surface area contributed by atoms with Crippen molar-refractivity contribution in [2.45, 2.75) is 38.8 Å². The summed E-state index contributed by atoms with van der Waals surface area (Å²) in [5.41, 5.74) is -0.514. The Labute approximate surface area is 89.8 Å². The molecule has 0 saturated carbocycles. The Morgan fingerprint density at radius 3 is 2.33 bits per heavy atom. The molecule has 86 valence electrons. The van der Waals surface area contributed by atoms with Gasteiger partial charge in [-0.2, -0.15) is 0 Å². The predicted octanol–water partition coefficient (Wildman–Crippen LogP) is 0.742. The fourth-order valence-corrected chi connectivity index (χ4v) is 1.37. The van der Waals surface area contributed by atoms with Crippen LogP contribution in [0.2, 0.25) is 0 Å². The van der Waals surface area contributed by atoms with Crippen molar-refractivity contribution in [3.63, 3.8) is 0 Å². The average molecular weight is 214 g/mol. The molecule has 1 aliphatic heterocycles. The molecule has 15 heavy (non-hydrogen) atoms. The van der Waals surface area contributed by atoms with Crippen LogP contribution in [0.15, 0.2) is 0 Å². The molecule has 1 atom stereocenters. The van der Waals surface area contributed by atoms with E-state index in [2.05, 4.69) is 5.32 Å². The topological polar surface area (TPSA) is 58.6 Å². The van der Waals surface area contributed by atoms with Gasteiger partial charge in [0.05, 0.1) is 0 Å². The van der Waals surface area contributed by atoms with Crippen molar-refractivity contribution in [2.24, 2.45) is 0 Å². The highest BCUT2D eigenvalue weighted by Crippen LogP contribution is 2.21. The molecule has 0 aromatic heterocycles. The summed E-state index contributed by atoms with van der Waals surface area (Å²) >= 11 is 0. The van der Waals surface area contributed by atoms with E-state index in [4.69, 9.17) is 4.74 Å². The summed E-state index contributed by atoms with van der Waals surface area (Å²) in [7, 11) is 1.56. The van der Waals surface area contributed by atoms with Gasteiger partial charge in [-0.3, -0.25) is 9.69 Å². The number of carbonyl (C=O) groups is 2. The lowest BCUT2D eigenvalue weighted by molar-refractivity contribution is -0.130. The minimum Gasteiger partial charge on any atom is -0.444 e. The molecule has 2 amide bonds. The van der Waals surface area contributed by atoms with Crippen LogP contribution in [0.1, 0.15) is 27.2 Å². The van der Waals surface area contributed by atoms with Gasteiger partial charge in [0.15, 0.2) is 0 Å². The van der Waals surface area contributed by atoms with Crippen LogP contribution in [-0.4, -0.2) is 42.1 Å². The van der Waals surface area contributed by atoms with E-state index in [1.54, 1.807) is 27.8 Å². The molecule has 5 nitrogen and oxygen atoms in total. The monoisotopic (exact) mass is 214 g/mol. The zero-order chi connectivity index (χ0) is 11.6. The summed E-state index contributed by atoms with van der Waals surface area (Å²) in [5.74, 6) is -0.132. The van der Waals surface area contributed by atoms with Crippen molar-refractivity contribution < 1.29 is 14.3 Å². The largest absolute Gasteiger partial charge is 0.444 e. The number of amides is 2. The zero-order valence-electron chi connectivity index (χ0n) is 9.66. The summed E-state index contributed by atoms with van der Waals surface area (Å²) in [6, 6.07) is -0.357. The van der Waals surface area contributed by atoms with Crippen LogP contribution in [0.25, 0.3) is 0 Å². The molecule has 1 aliphatic rings. The molecule has 0 aromatic rings. The molecule has 1 saturated heterocycles. The third-order valence-corrected chi connectivity index (χ3v) is 2.20. The van der Waals surface area contributed by atoms with Crippen LogP contribution >= 0.6 is 0 Å². The molecule has 0 unspecified atom stereocenters. The Morgan fingerprint density at radius 2 is 2.00 bits per heavy atom. The Kier molecular flexibility index (Phi) is 3.21. The van der Waals surface area contributed by atoms with Crippen LogP contribution in [0.4, 0.5) is 4.79 Å². The molecule has 0 radical (unpaired) electrons. The average Bonchev–Trinajstić information content (AvgIpc) is 1.97. The Bertz CT molecular complexity index is 270. The summed E-state index contributed by atoms with van der Waals surface area (Å²) in [4.78, 5) is 24.4. The summed E-state index contributed by atoms with van der Waals surface area (Å²) < 4.78 is 5.17. The van der Waals surface area contributed by atoms with Gasteiger partial charge in [0.1, 0.15) is 11.6 Å². The highest BCUT2D eigenvalue weighted by molar-refractivity contribution is 5.87. The Balaban J connectivity index is 2.51. The quantitative estimate of drug-likeness (QED) is 0.700. The van der Waals surface area contributed by atoms with Gasteiger partial charge >= 0.3 is 6.09 Å². The number of hydrogen-bond acceptors (Lipinski definition) is 3. The van der Waals surface area contributed by atoms with Gasteiger partial charge in [0, 0.05) is 13.6 Å². The fourth-order valence-electron chi connectivity index (χ4n) is 1.37. The van der Waals surface area contributed by atoms with Crippen molar-refractivity contribution in [1.29, 1.82) is 0 Å². The van der Waals surface area contributed by atoms with Crippen molar-refractivity contribution in [1.82, 2.24) is 10.2 Å². The normalized spacial score (nSPS) is 20.5. The molecular formula is C10H18N2O3. The second-order valence-corrected chi connectivity index (χ2v) is 4.59. The number of ether oxygens (including phenoxy) is 1. The molecule has 1 fully saturated rings. The van der Waals surface area contributed by atoms with Crippen LogP contribution in [0.5, 0.6) is 0 Å². The maximum Gasteiger partial charge on any atom is 0.410 e. The second-order valence-electron chi connectivity index (χ2n) is 4.59. The molecule has 0 bridgehead atoms. The van der Waals surface area contributed by atoms with Crippen molar-refractivity contribution in [3.05, 3.63) is 0 Å². The fraction of sp³-hybridized carbons (Fsp3) is 0.800. The number of likely N-dealkylation sites (N-methyl/N-ethyl adjacent to an activating group) is 1. The van der Waals surface area contributed by atoms with E-state index in [9.17, 15) is 9.59 Å². The first-order chi connectivity index (χ1) is 6.85. The third-order valence-electron chi connectivity index (χ3n) is 2.20. The minimum atomic E-state index is -0.514. The van der Waals surface area contributed by atoms with Crippen LogP contribution in [0.3, 0.4) is 0 Å². The van der Waals surface area contributed by atoms with Crippen LogP contribution in [-0.2, 0) is 9.53 Å². The summed E-state index contributed by atoms with van der Waals surface area (Å²) in [6.45, 7) is 6.01. The Hall–Kier alpha value is -1.26. The van der Waals surface area contributed by atoms with Gasteiger partial charge in [0.2, 0.25) is 5.91 Å². The first-order valence-electron chi connectivity index (χ1n) is 5.06. The number of rotatable bonds is 1. The predicted molar refractivity (Wildman–Crippen MR) is 55.4 cm³/mol. The first-order valence-corrected chi connectivity index (χ1v) is 5.06. The first kappa shape index (κ1) is 11.8. The van der Waals surface area contributed by atoms with E-state index in [1.807, 2.05) is 0 Å². The van der Waals surface area contributed by atoms with Crippen LogP contribution < -0.4 is 5.32 Å². The van der Waals surface area contributed by atoms with Gasteiger partial charge in [-0.25, -0.2) is 4.79 Å². The SMILES string of the molecule is CNC(=O)[C@@H]1CCN1C(=O)OC(C)(C)C. The number of nitrogens with one attached hydrogen (secondary N) is 1. The molecule has 0 spiro atoms. The van der Waals surface area contributed by atoms with E-state index < -0.39 is 11.7 Å². The molecule has 0 aliphatic carbocycles. The number of nitrogens with zero attached hydrogens (tertiary/aromatic N) is 1. The highest BCUT2D eigenvalue weighted by Gasteiger charge is 2.39. The smallest absolute Gasteiger partial charge is 0.410 e. The van der Waals surface area contributed by atoms with Crippen molar-refractivity contribution >= 4 is 12.0 Å². The molecule has 5 heteroatoms. The van der Waals surface area contributed by atoms with Gasteiger partial charge < -0.3 is 10.1 Å². The number of hydrogen-bond donors (Lipinski definition) is 1. The van der Waals surface area contributed by atoms with E-state index in [-0.39, 0.29) is 11.9 Å². The maximum atomic E-state index is 11.6. The third kappa shape index (κ3) is 2.84. The number of likely N-dealkylation sites (tertiary alicyclic amines) is 1. The zero-order valence-corrected chi connectivity index (χ0v) is 9.66. The van der Waals surface area contributed by atoms with E-state index in [0.717, 1.165) is 0 Å². The van der Waals surface area contributed by atoms with E-state index >= 15 is 0 Å². The molecule has 1 N–H and O–H groups in total. The second kappa shape index (κ2) is 4.08. The van der Waals surface area contributed by atoms with Gasteiger partial charge in [-0.05, 0) is 27.2 Å². The summed E-state index contributed by atoms with van der Waals surface area (Å²) in [5, 5.41) is 2.53. The number of carbonyl (C=O) groups excluding carboxylic acids is 2. The van der Waals surface area contributed by atoms with Gasteiger partial charge in [0.25, 0.3) is 0 Å². The van der Waals surface area contributed by atoms with Gasteiger partial charge in [-0.1, -0.05) is 0 Å².